The Balaban J connectivity index is 1.52. The molecule has 0 bridgehead atoms. The van der Waals surface area contributed by atoms with Crippen LogP contribution in [0.3, 0.4) is 0 Å². The predicted molar refractivity (Wildman–Crippen MR) is 110 cm³/mol. The third-order valence-electron chi connectivity index (χ3n) is 5.34. The van der Waals surface area contributed by atoms with Gasteiger partial charge in [-0.15, -0.1) is 0 Å². The zero-order chi connectivity index (χ0) is 18.6. The summed E-state index contributed by atoms with van der Waals surface area (Å²) in [6, 6.07) is 12.2. The maximum absolute atomic E-state index is 12.2. The highest BCUT2D eigenvalue weighted by atomic mass is 35.5. The summed E-state index contributed by atoms with van der Waals surface area (Å²) in [6.45, 7) is 0. The lowest BCUT2D eigenvalue weighted by atomic mass is 10.0. The Hall–Kier alpha value is -2.33. The Labute approximate surface area is 164 Å². The normalized spacial score (nSPS) is 14.7. The third kappa shape index (κ3) is 4.16. The monoisotopic (exact) mass is 381 g/mol. The van der Waals surface area contributed by atoms with E-state index in [-0.39, 0.29) is 5.91 Å². The van der Waals surface area contributed by atoms with Crippen LogP contribution < -0.4 is 5.32 Å². The average molecular weight is 382 g/mol. The van der Waals surface area contributed by atoms with Crippen molar-refractivity contribution in [1.82, 2.24) is 15.3 Å². The van der Waals surface area contributed by atoms with Crippen LogP contribution in [0.2, 0.25) is 5.02 Å². The summed E-state index contributed by atoms with van der Waals surface area (Å²) in [4.78, 5) is 20.2. The van der Waals surface area contributed by atoms with E-state index in [1.54, 1.807) is 6.20 Å². The molecule has 1 aliphatic rings. The molecule has 4 rings (SSSR count). The minimum Gasteiger partial charge on any atom is -0.353 e. The van der Waals surface area contributed by atoms with E-state index in [0.717, 1.165) is 48.0 Å². The van der Waals surface area contributed by atoms with E-state index >= 15 is 0 Å². The van der Waals surface area contributed by atoms with Crippen LogP contribution in [-0.4, -0.2) is 21.9 Å². The van der Waals surface area contributed by atoms with Crippen molar-refractivity contribution in [1.29, 1.82) is 0 Å². The summed E-state index contributed by atoms with van der Waals surface area (Å²) in [5, 5.41) is 5.00. The number of nitrogens with zero attached hydrogens (tertiary/aromatic N) is 1. The van der Waals surface area contributed by atoms with Crippen LogP contribution in [0, 0.1) is 0 Å². The quantitative estimate of drug-likeness (QED) is 0.611. The van der Waals surface area contributed by atoms with Gasteiger partial charge in [-0.3, -0.25) is 9.78 Å². The predicted octanol–water partition coefficient (Wildman–Crippen LogP) is 5.26. The molecule has 140 valence electrons. The molecule has 1 fully saturated rings. The van der Waals surface area contributed by atoms with Crippen LogP contribution in [0.5, 0.6) is 0 Å². The first kappa shape index (κ1) is 18.1. The van der Waals surface area contributed by atoms with Gasteiger partial charge in [-0.25, -0.2) is 0 Å². The maximum Gasteiger partial charge on any atom is 0.220 e. The fourth-order valence-electron chi connectivity index (χ4n) is 4.00. The Morgan fingerprint density at radius 3 is 2.85 bits per heavy atom. The van der Waals surface area contributed by atoms with Crippen molar-refractivity contribution in [3.8, 4) is 11.4 Å². The number of carbonyl (C=O) groups is 1. The number of pyridine rings is 1. The van der Waals surface area contributed by atoms with E-state index < -0.39 is 0 Å². The van der Waals surface area contributed by atoms with Gasteiger partial charge in [-0.2, -0.15) is 0 Å². The first-order valence-corrected chi connectivity index (χ1v) is 10.1. The number of rotatable bonds is 6. The summed E-state index contributed by atoms with van der Waals surface area (Å²) >= 11 is 6.23. The molecule has 1 amide bonds. The van der Waals surface area contributed by atoms with E-state index in [0.29, 0.717) is 17.5 Å². The van der Waals surface area contributed by atoms with Gasteiger partial charge in [0.05, 0.1) is 11.4 Å². The number of fused-ring (bicyclic) bond motifs is 1. The zero-order valence-corrected chi connectivity index (χ0v) is 16.1. The molecule has 5 heteroatoms. The molecule has 0 atom stereocenters. The van der Waals surface area contributed by atoms with Crippen molar-refractivity contribution >= 4 is 28.4 Å². The van der Waals surface area contributed by atoms with Crippen molar-refractivity contribution in [3.63, 3.8) is 0 Å². The molecule has 0 radical (unpaired) electrons. The SMILES string of the molecule is O=C(CCCc1c(-c2ccccn2)[nH]c2ccc(Cl)cc12)NC1CCCC1. The number of amides is 1. The molecule has 2 aromatic heterocycles. The highest BCUT2D eigenvalue weighted by Crippen LogP contribution is 2.32. The zero-order valence-electron chi connectivity index (χ0n) is 15.3. The number of nitrogens with one attached hydrogen (secondary N) is 2. The lowest BCUT2D eigenvalue weighted by Gasteiger charge is -2.11. The van der Waals surface area contributed by atoms with Gasteiger partial charge in [0.25, 0.3) is 0 Å². The summed E-state index contributed by atoms with van der Waals surface area (Å²) in [5.41, 5.74) is 4.16. The minimum absolute atomic E-state index is 0.166. The van der Waals surface area contributed by atoms with E-state index in [1.165, 1.54) is 18.4 Å². The lowest BCUT2D eigenvalue weighted by molar-refractivity contribution is -0.121. The molecule has 4 nitrogen and oxygen atoms in total. The highest BCUT2D eigenvalue weighted by molar-refractivity contribution is 6.31. The molecule has 0 spiro atoms. The standard InChI is InChI=1S/C22H24ClN3O/c23-15-11-12-19-18(14-15)17(22(26-19)20-9-3-4-13-24-20)8-5-10-21(27)25-16-6-1-2-7-16/h3-4,9,11-14,16,26H,1-2,5-8,10H2,(H,25,27). The van der Waals surface area contributed by atoms with Crippen LogP contribution in [-0.2, 0) is 11.2 Å². The van der Waals surface area contributed by atoms with Gasteiger partial charge in [0.1, 0.15) is 0 Å². The van der Waals surface area contributed by atoms with Crippen LogP contribution in [0.1, 0.15) is 44.1 Å². The summed E-state index contributed by atoms with van der Waals surface area (Å²) < 4.78 is 0. The van der Waals surface area contributed by atoms with Crippen LogP contribution in [0.4, 0.5) is 0 Å². The van der Waals surface area contributed by atoms with E-state index in [1.807, 2.05) is 36.4 Å². The highest BCUT2D eigenvalue weighted by Gasteiger charge is 2.18. The number of aromatic nitrogens is 2. The van der Waals surface area contributed by atoms with E-state index in [9.17, 15) is 4.79 Å². The van der Waals surface area contributed by atoms with Gasteiger partial charge < -0.3 is 10.3 Å². The van der Waals surface area contributed by atoms with Crippen molar-refractivity contribution < 1.29 is 4.79 Å². The fourth-order valence-corrected chi connectivity index (χ4v) is 4.18. The molecule has 1 aliphatic carbocycles. The van der Waals surface area contributed by atoms with Crippen molar-refractivity contribution in [2.24, 2.45) is 0 Å². The van der Waals surface area contributed by atoms with Gasteiger partial charge in [-0.1, -0.05) is 30.5 Å². The smallest absolute Gasteiger partial charge is 0.220 e. The molecule has 2 heterocycles. The molecule has 1 saturated carbocycles. The van der Waals surface area contributed by atoms with Crippen LogP contribution in [0.15, 0.2) is 42.6 Å². The van der Waals surface area contributed by atoms with Crippen molar-refractivity contribution in [2.75, 3.05) is 0 Å². The first-order chi connectivity index (χ1) is 13.2. The summed E-state index contributed by atoms with van der Waals surface area (Å²) in [5.74, 6) is 0.166. The number of hydrogen-bond donors (Lipinski definition) is 2. The molecule has 0 aliphatic heterocycles. The Bertz CT molecular complexity index is 929. The molecular formula is C22H24ClN3O. The number of H-pyrrole nitrogens is 1. The Kier molecular flexibility index (Phi) is 5.44. The third-order valence-corrected chi connectivity index (χ3v) is 5.58. The summed E-state index contributed by atoms with van der Waals surface area (Å²) in [7, 11) is 0. The van der Waals surface area contributed by atoms with Crippen molar-refractivity contribution in [2.45, 2.75) is 51.0 Å². The van der Waals surface area contributed by atoms with Gasteiger partial charge in [0.15, 0.2) is 0 Å². The maximum atomic E-state index is 12.2. The number of aryl methyl sites for hydroxylation is 1. The minimum atomic E-state index is 0.166. The molecule has 3 aromatic rings. The molecule has 1 aromatic carbocycles. The second-order valence-corrected chi connectivity index (χ2v) is 7.72. The number of halogens is 1. The summed E-state index contributed by atoms with van der Waals surface area (Å²) in [6.07, 6.45) is 8.66. The Morgan fingerprint density at radius 1 is 1.22 bits per heavy atom. The molecule has 0 saturated heterocycles. The van der Waals surface area contributed by atoms with E-state index in [4.69, 9.17) is 11.6 Å². The molecule has 27 heavy (non-hydrogen) atoms. The van der Waals surface area contributed by atoms with Gasteiger partial charge in [0, 0.05) is 34.6 Å². The molecular weight excluding hydrogens is 358 g/mol. The fraction of sp³-hybridized carbons (Fsp3) is 0.364. The number of aromatic amines is 1. The van der Waals surface area contributed by atoms with Crippen LogP contribution in [0.25, 0.3) is 22.3 Å². The number of hydrogen-bond acceptors (Lipinski definition) is 2. The largest absolute Gasteiger partial charge is 0.353 e. The molecule has 0 unspecified atom stereocenters. The van der Waals surface area contributed by atoms with Gasteiger partial charge in [-0.05, 0) is 61.6 Å². The first-order valence-electron chi connectivity index (χ1n) is 9.71. The second-order valence-electron chi connectivity index (χ2n) is 7.29. The van der Waals surface area contributed by atoms with Crippen LogP contribution >= 0.6 is 11.6 Å². The topological polar surface area (TPSA) is 57.8 Å². The molecule has 2 N–H and O–H groups in total. The van der Waals surface area contributed by atoms with Gasteiger partial charge in [0.2, 0.25) is 5.91 Å². The van der Waals surface area contributed by atoms with E-state index in [2.05, 4.69) is 15.3 Å². The Morgan fingerprint density at radius 2 is 2.07 bits per heavy atom. The lowest BCUT2D eigenvalue weighted by Crippen LogP contribution is -2.32. The van der Waals surface area contributed by atoms with Crippen molar-refractivity contribution in [3.05, 3.63) is 53.2 Å². The number of benzene rings is 1. The number of carbonyl (C=O) groups excluding carboxylic acids is 1. The average Bonchev–Trinajstić information content (AvgIpc) is 3.30. The second kappa shape index (κ2) is 8.13. The van der Waals surface area contributed by atoms with Gasteiger partial charge >= 0.3 is 0 Å².